The summed E-state index contributed by atoms with van der Waals surface area (Å²) in [6.45, 7) is 5.59. The smallest absolute Gasteiger partial charge is 0.350 e. The number of carbonyl (C=O) groups is 1. The van der Waals surface area contributed by atoms with E-state index in [9.17, 15) is 9.59 Å². The average molecular weight is 551 g/mol. The maximum atomic E-state index is 13.0. The molecule has 216 valence electrons. The molecule has 0 amide bonds. The Morgan fingerprint density at radius 3 is 2.77 bits per heavy atom. The van der Waals surface area contributed by atoms with E-state index < -0.39 is 0 Å². The van der Waals surface area contributed by atoms with Gasteiger partial charge in [0.25, 0.3) is 0 Å². The maximum Gasteiger partial charge on any atom is 0.350 e. The lowest BCUT2D eigenvalue weighted by Gasteiger charge is -2.24. The molecular formula is C29H42N8O3. The lowest BCUT2D eigenvalue weighted by molar-refractivity contribution is 0.0977. The summed E-state index contributed by atoms with van der Waals surface area (Å²) in [5.41, 5.74) is 11.8. The highest BCUT2D eigenvalue weighted by atomic mass is 16.5. The Morgan fingerprint density at radius 2 is 1.95 bits per heavy atom. The SMILES string of the molecule is NC(N)=NCCCN1CCCC(n2cc3c(nc2=O)Nc2cc(C(=O)CCCC4CCNCC4)ccc2O3)CC1. The van der Waals surface area contributed by atoms with E-state index in [1.165, 1.54) is 12.8 Å². The lowest BCUT2D eigenvalue weighted by atomic mass is 9.91. The number of ether oxygens (including phenoxy) is 1. The summed E-state index contributed by atoms with van der Waals surface area (Å²) >= 11 is 0. The van der Waals surface area contributed by atoms with E-state index in [1.807, 2.05) is 18.2 Å². The van der Waals surface area contributed by atoms with Gasteiger partial charge >= 0.3 is 5.69 Å². The first kappa shape index (κ1) is 28.1. The first-order chi connectivity index (χ1) is 19.5. The molecule has 3 aliphatic heterocycles. The average Bonchev–Trinajstić information content (AvgIpc) is 3.19. The number of rotatable bonds is 10. The molecule has 3 aliphatic rings. The van der Waals surface area contributed by atoms with Crippen molar-refractivity contribution in [2.24, 2.45) is 22.4 Å². The molecule has 4 heterocycles. The number of Topliss-reactive ketones (excluding diaryl/α,β-unsaturated/α-hetero) is 1. The Hall–Kier alpha value is -3.44. The van der Waals surface area contributed by atoms with Crippen LogP contribution in [0, 0.1) is 5.92 Å². The van der Waals surface area contributed by atoms with Crippen LogP contribution in [0.25, 0.3) is 0 Å². The van der Waals surface area contributed by atoms with E-state index in [-0.39, 0.29) is 23.5 Å². The van der Waals surface area contributed by atoms with Crippen LogP contribution in [0.4, 0.5) is 11.5 Å². The summed E-state index contributed by atoms with van der Waals surface area (Å²) < 4.78 is 7.87. The molecule has 2 saturated heterocycles. The van der Waals surface area contributed by atoms with Crippen LogP contribution in [0.1, 0.15) is 74.2 Å². The summed E-state index contributed by atoms with van der Waals surface area (Å²) in [6.07, 6.45) is 10.4. The number of aliphatic imine (C=N–C) groups is 1. The van der Waals surface area contributed by atoms with Crippen molar-refractivity contribution >= 4 is 23.2 Å². The molecule has 40 heavy (non-hydrogen) atoms. The fraction of sp³-hybridized carbons (Fsp3) is 0.586. The van der Waals surface area contributed by atoms with E-state index >= 15 is 0 Å². The van der Waals surface area contributed by atoms with E-state index in [0.717, 1.165) is 77.2 Å². The van der Waals surface area contributed by atoms with Crippen LogP contribution in [-0.2, 0) is 0 Å². The fourth-order valence-electron chi connectivity index (χ4n) is 6.02. The molecule has 0 bridgehead atoms. The number of benzene rings is 1. The monoisotopic (exact) mass is 550 g/mol. The van der Waals surface area contributed by atoms with E-state index in [1.54, 1.807) is 10.8 Å². The summed E-state index contributed by atoms with van der Waals surface area (Å²) in [5.74, 6) is 2.51. The summed E-state index contributed by atoms with van der Waals surface area (Å²) in [6, 6.07) is 5.52. The van der Waals surface area contributed by atoms with Gasteiger partial charge in [0.15, 0.2) is 29.1 Å². The van der Waals surface area contributed by atoms with Gasteiger partial charge in [-0.2, -0.15) is 4.98 Å². The van der Waals surface area contributed by atoms with Crippen molar-refractivity contribution in [2.75, 3.05) is 44.6 Å². The second-order valence-corrected chi connectivity index (χ2v) is 11.2. The van der Waals surface area contributed by atoms with Crippen LogP contribution in [0.5, 0.6) is 11.5 Å². The standard InChI is InChI=1S/C29H42N8O3/c30-28(31)33-12-3-16-36-15-2-5-22(11-17-36)37-19-26-27(35-29(37)39)34-23-18-21(7-8-25(23)40-26)24(38)6-1-4-20-9-13-32-14-10-20/h7-8,18-20,22,32H,1-6,9-17H2,(H4,30,31,33)(H,34,35,39). The topological polar surface area (TPSA) is 153 Å². The largest absolute Gasteiger partial charge is 0.450 e. The molecule has 0 aliphatic carbocycles. The molecule has 2 aromatic rings. The third-order valence-electron chi connectivity index (χ3n) is 8.28. The number of piperidine rings is 1. The zero-order valence-corrected chi connectivity index (χ0v) is 23.2. The molecule has 0 radical (unpaired) electrons. The minimum absolute atomic E-state index is 0.0582. The van der Waals surface area contributed by atoms with Gasteiger partial charge in [-0.3, -0.25) is 14.4 Å². The lowest BCUT2D eigenvalue weighted by Crippen LogP contribution is -2.30. The second-order valence-electron chi connectivity index (χ2n) is 11.2. The minimum atomic E-state index is -0.297. The van der Waals surface area contributed by atoms with Crippen molar-refractivity contribution < 1.29 is 9.53 Å². The number of nitrogens with zero attached hydrogens (tertiary/aromatic N) is 4. The van der Waals surface area contributed by atoms with Crippen LogP contribution in [0.2, 0.25) is 0 Å². The maximum absolute atomic E-state index is 13.0. The van der Waals surface area contributed by atoms with E-state index in [4.69, 9.17) is 16.2 Å². The van der Waals surface area contributed by atoms with Crippen molar-refractivity contribution in [1.29, 1.82) is 0 Å². The van der Waals surface area contributed by atoms with Crippen molar-refractivity contribution in [1.82, 2.24) is 19.8 Å². The number of likely N-dealkylation sites (tertiary alicyclic amines) is 1. The molecule has 1 aromatic heterocycles. The molecular weight excluding hydrogens is 508 g/mol. The zero-order valence-electron chi connectivity index (χ0n) is 23.2. The molecule has 1 atom stereocenters. The summed E-state index contributed by atoms with van der Waals surface area (Å²) in [5, 5.41) is 6.62. The van der Waals surface area contributed by atoms with Crippen LogP contribution in [0.15, 0.2) is 34.2 Å². The van der Waals surface area contributed by atoms with Crippen molar-refractivity contribution in [3.8, 4) is 11.5 Å². The second kappa shape index (κ2) is 13.3. The Kier molecular flexibility index (Phi) is 9.33. The van der Waals surface area contributed by atoms with Gasteiger partial charge in [0.2, 0.25) is 0 Å². The number of hydrogen-bond donors (Lipinski definition) is 4. The van der Waals surface area contributed by atoms with E-state index in [2.05, 4.69) is 25.5 Å². The molecule has 11 nitrogen and oxygen atoms in total. The van der Waals surface area contributed by atoms with Crippen LogP contribution >= 0.6 is 0 Å². The Bertz CT molecular complexity index is 1270. The highest BCUT2D eigenvalue weighted by Crippen LogP contribution is 2.41. The normalized spacial score (nSPS) is 19.4. The number of nitrogens with one attached hydrogen (secondary N) is 2. The van der Waals surface area contributed by atoms with Gasteiger partial charge in [0, 0.05) is 31.1 Å². The van der Waals surface area contributed by atoms with Gasteiger partial charge in [-0.15, -0.1) is 0 Å². The molecule has 6 N–H and O–H groups in total. The molecule has 0 spiro atoms. The molecule has 5 rings (SSSR count). The van der Waals surface area contributed by atoms with Gasteiger partial charge in [-0.25, -0.2) is 4.79 Å². The molecule has 0 saturated carbocycles. The number of fused-ring (bicyclic) bond motifs is 2. The summed E-state index contributed by atoms with van der Waals surface area (Å²) in [7, 11) is 0. The van der Waals surface area contributed by atoms with Gasteiger partial charge in [-0.05, 0) is 102 Å². The highest BCUT2D eigenvalue weighted by molar-refractivity contribution is 5.97. The van der Waals surface area contributed by atoms with Crippen LogP contribution in [0.3, 0.4) is 0 Å². The van der Waals surface area contributed by atoms with Crippen molar-refractivity contribution in [2.45, 2.75) is 63.8 Å². The Labute approximate surface area is 235 Å². The van der Waals surface area contributed by atoms with Gasteiger partial charge < -0.3 is 31.7 Å². The number of aromatic nitrogens is 2. The number of carbonyl (C=O) groups excluding carboxylic acids is 1. The molecule has 2 fully saturated rings. The van der Waals surface area contributed by atoms with Crippen molar-refractivity contribution in [3.05, 3.63) is 40.4 Å². The Balaban J connectivity index is 1.18. The number of anilines is 2. The predicted molar refractivity (Wildman–Crippen MR) is 157 cm³/mol. The number of guanidine groups is 1. The first-order valence-electron chi connectivity index (χ1n) is 14.7. The number of nitrogens with two attached hydrogens (primary N) is 2. The number of hydrogen-bond acceptors (Lipinski definition) is 8. The van der Waals surface area contributed by atoms with Crippen LogP contribution < -0.4 is 32.5 Å². The van der Waals surface area contributed by atoms with Crippen LogP contribution in [-0.4, -0.2) is 65.5 Å². The molecule has 1 aromatic carbocycles. The highest BCUT2D eigenvalue weighted by Gasteiger charge is 2.25. The van der Waals surface area contributed by atoms with Crippen molar-refractivity contribution in [3.63, 3.8) is 0 Å². The predicted octanol–water partition coefficient (Wildman–Crippen LogP) is 3.14. The van der Waals surface area contributed by atoms with E-state index in [0.29, 0.717) is 41.5 Å². The zero-order chi connectivity index (χ0) is 27.9. The summed E-state index contributed by atoms with van der Waals surface area (Å²) in [4.78, 5) is 36.7. The Morgan fingerprint density at radius 1 is 1.10 bits per heavy atom. The quantitative estimate of drug-likeness (QED) is 0.129. The third-order valence-corrected chi connectivity index (χ3v) is 8.28. The van der Waals surface area contributed by atoms with Gasteiger partial charge in [-0.1, -0.05) is 0 Å². The third kappa shape index (κ3) is 7.19. The molecule has 1 unspecified atom stereocenters. The fourth-order valence-corrected chi connectivity index (χ4v) is 6.02. The molecule has 11 heteroatoms. The number of ketones is 1. The first-order valence-corrected chi connectivity index (χ1v) is 14.7. The van der Waals surface area contributed by atoms with Gasteiger partial charge in [0.1, 0.15) is 0 Å². The van der Waals surface area contributed by atoms with Gasteiger partial charge in [0.05, 0.1) is 11.9 Å². The minimum Gasteiger partial charge on any atom is -0.450 e.